The van der Waals surface area contributed by atoms with E-state index in [0.717, 1.165) is 17.8 Å². The Morgan fingerprint density at radius 2 is 2.07 bits per heavy atom. The van der Waals surface area contributed by atoms with Crippen molar-refractivity contribution in [1.29, 1.82) is 0 Å². The van der Waals surface area contributed by atoms with Gasteiger partial charge < -0.3 is 14.8 Å². The van der Waals surface area contributed by atoms with Gasteiger partial charge in [-0.05, 0) is 18.2 Å². The number of hydrogen-bond donors (Lipinski definition) is 1. The third-order valence-electron chi connectivity index (χ3n) is 3.57. The van der Waals surface area contributed by atoms with E-state index >= 15 is 0 Å². The highest BCUT2D eigenvalue weighted by molar-refractivity contribution is 8.00. The van der Waals surface area contributed by atoms with Gasteiger partial charge in [0.25, 0.3) is 0 Å². The molecule has 1 unspecified atom stereocenters. The molecule has 1 atom stereocenters. The number of hydrogen-bond acceptors (Lipinski definition) is 5. The average Bonchev–Trinajstić information content (AvgIpc) is 2.64. The van der Waals surface area contributed by atoms with Crippen LogP contribution in [0.3, 0.4) is 0 Å². The Hall–Kier alpha value is -2.13. The monoisotopic (exact) mass is 418 g/mol. The molecule has 5 nitrogen and oxygen atoms in total. The number of pyridine rings is 1. The van der Waals surface area contributed by atoms with Crippen LogP contribution in [0.4, 0.5) is 13.2 Å². The minimum absolute atomic E-state index is 0.0394. The van der Waals surface area contributed by atoms with Crippen LogP contribution in [0, 0.1) is 0 Å². The van der Waals surface area contributed by atoms with Gasteiger partial charge in [0.15, 0.2) is 11.5 Å². The second-order valence-electron chi connectivity index (χ2n) is 5.60. The Labute approximate surface area is 162 Å². The summed E-state index contributed by atoms with van der Waals surface area (Å²) in [6.07, 6.45) is -4.16. The molecular formula is C17H14ClF3N2O3S. The van der Waals surface area contributed by atoms with E-state index in [-0.39, 0.29) is 34.4 Å². The number of halogens is 4. The Morgan fingerprint density at radius 1 is 1.33 bits per heavy atom. The van der Waals surface area contributed by atoms with Crippen LogP contribution in [0.25, 0.3) is 0 Å². The Kier molecular flexibility index (Phi) is 6.01. The lowest BCUT2D eigenvalue weighted by molar-refractivity contribution is -0.137. The lowest BCUT2D eigenvalue weighted by Crippen LogP contribution is -2.41. The second-order valence-corrected chi connectivity index (χ2v) is 6.97. The number of thioether (sulfide) groups is 1. The Balaban J connectivity index is 1.47. The molecule has 1 aromatic carbocycles. The first-order valence-corrected chi connectivity index (χ1v) is 9.20. The quantitative estimate of drug-likeness (QED) is 0.748. The van der Waals surface area contributed by atoms with E-state index in [2.05, 4.69) is 10.3 Å². The number of carbonyl (C=O) groups excluding carboxylic acids is 1. The van der Waals surface area contributed by atoms with Gasteiger partial charge >= 0.3 is 6.18 Å². The standard InChI is InChI=1S/C17H14ClF3N2O3S/c18-12-5-10(17(19,20)21)6-23-16(12)27-9-15(24)22-7-11-8-25-13-3-1-2-4-14(13)26-11/h1-6,11H,7-9H2,(H,22,24). The molecule has 0 aliphatic carbocycles. The molecule has 1 N–H and O–H groups in total. The van der Waals surface area contributed by atoms with Gasteiger partial charge in [0.1, 0.15) is 17.7 Å². The first kappa shape index (κ1) is 19.6. The highest BCUT2D eigenvalue weighted by Gasteiger charge is 2.31. The van der Waals surface area contributed by atoms with Crippen LogP contribution in [0.1, 0.15) is 5.56 Å². The van der Waals surface area contributed by atoms with E-state index < -0.39 is 11.7 Å². The zero-order valence-electron chi connectivity index (χ0n) is 13.8. The zero-order chi connectivity index (χ0) is 19.4. The summed E-state index contributed by atoms with van der Waals surface area (Å²) in [5.74, 6) is 0.902. The summed E-state index contributed by atoms with van der Waals surface area (Å²) in [5.41, 5.74) is -0.934. The van der Waals surface area contributed by atoms with Gasteiger partial charge in [-0.1, -0.05) is 35.5 Å². The number of carbonyl (C=O) groups is 1. The van der Waals surface area contributed by atoms with E-state index in [1.165, 1.54) is 0 Å². The minimum atomic E-state index is -4.52. The van der Waals surface area contributed by atoms with Crippen molar-refractivity contribution < 1.29 is 27.4 Å². The normalized spacial score (nSPS) is 16.1. The first-order chi connectivity index (χ1) is 12.8. The SMILES string of the molecule is O=C(CSc1ncc(C(F)(F)F)cc1Cl)NCC1COc2ccccc2O1. The van der Waals surface area contributed by atoms with Gasteiger partial charge in [-0.2, -0.15) is 13.2 Å². The fourth-order valence-corrected chi connectivity index (χ4v) is 3.29. The molecule has 3 rings (SSSR count). The Morgan fingerprint density at radius 3 is 2.78 bits per heavy atom. The molecule has 1 aromatic heterocycles. The molecule has 0 fully saturated rings. The van der Waals surface area contributed by atoms with Gasteiger partial charge in [0.2, 0.25) is 5.91 Å². The molecule has 10 heteroatoms. The summed E-state index contributed by atoms with van der Waals surface area (Å²) in [6.45, 7) is 0.540. The van der Waals surface area contributed by atoms with Crippen LogP contribution in [-0.2, 0) is 11.0 Å². The molecule has 27 heavy (non-hydrogen) atoms. The minimum Gasteiger partial charge on any atom is -0.486 e. The van der Waals surface area contributed by atoms with Crippen molar-refractivity contribution in [1.82, 2.24) is 10.3 Å². The fraction of sp³-hybridized carbons (Fsp3) is 0.294. The Bertz CT molecular complexity index is 835. The number of para-hydroxylation sites is 2. The molecule has 1 amide bonds. The molecule has 0 saturated carbocycles. The summed E-state index contributed by atoms with van der Waals surface area (Å²) in [6, 6.07) is 8.01. The van der Waals surface area contributed by atoms with E-state index in [1.54, 1.807) is 12.1 Å². The lowest BCUT2D eigenvalue weighted by atomic mass is 10.2. The van der Waals surface area contributed by atoms with Crippen molar-refractivity contribution in [3.8, 4) is 11.5 Å². The van der Waals surface area contributed by atoms with E-state index in [0.29, 0.717) is 24.3 Å². The average molecular weight is 419 g/mol. The zero-order valence-corrected chi connectivity index (χ0v) is 15.3. The predicted molar refractivity (Wildman–Crippen MR) is 94.3 cm³/mol. The molecule has 2 heterocycles. The second kappa shape index (κ2) is 8.26. The number of nitrogens with zero attached hydrogens (tertiary/aromatic N) is 1. The van der Waals surface area contributed by atoms with Gasteiger partial charge in [-0.3, -0.25) is 4.79 Å². The fourth-order valence-electron chi connectivity index (χ4n) is 2.26. The van der Waals surface area contributed by atoms with Crippen molar-refractivity contribution in [2.45, 2.75) is 17.3 Å². The third-order valence-corrected chi connectivity index (χ3v) is 4.97. The number of nitrogens with one attached hydrogen (secondary N) is 1. The topological polar surface area (TPSA) is 60.5 Å². The smallest absolute Gasteiger partial charge is 0.417 e. The third kappa shape index (κ3) is 5.20. The van der Waals surface area contributed by atoms with Crippen LogP contribution >= 0.6 is 23.4 Å². The molecule has 0 radical (unpaired) electrons. The summed E-state index contributed by atoms with van der Waals surface area (Å²) in [7, 11) is 0. The number of aromatic nitrogens is 1. The maximum atomic E-state index is 12.6. The van der Waals surface area contributed by atoms with Crippen LogP contribution in [0.15, 0.2) is 41.6 Å². The van der Waals surface area contributed by atoms with Crippen molar-refractivity contribution in [2.24, 2.45) is 0 Å². The summed E-state index contributed by atoms with van der Waals surface area (Å²) >= 11 is 6.77. The molecule has 0 spiro atoms. The molecule has 0 saturated heterocycles. The van der Waals surface area contributed by atoms with Crippen molar-refractivity contribution >= 4 is 29.3 Å². The maximum Gasteiger partial charge on any atom is 0.417 e. The van der Waals surface area contributed by atoms with Gasteiger partial charge in [0, 0.05) is 6.20 Å². The van der Waals surface area contributed by atoms with Crippen LogP contribution < -0.4 is 14.8 Å². The van der Waals surface area contributed by atoms with E-state index in [4.69, 9.17) is 21.1 Å². The van der Waals surface area contributed by atoms with Crippen LogP contribution in [0.5, 0.6) is 11.5 Å². The molecular weight excluding hydrogens is 405 g/mol. The van der Waals surface area contributed by atoms with Crippen LogP contribution in [0.2, 0.25) is 5.02 Å². The number of ether oxygens (including phenoxy) is 2. The van der Waals surface area contributed by atoms with Crippen molar-refractivity contribution in [3.63, 3.8) is 0 Å². The number of amides is 1. The maximum absolute atomic E-state index is 12.6. The van der Waals surface area contributed by atoms with Crippen LogP contribution in [-0.4, -0.2) is 35.9 Å². The number of fused-ring (bicyclic) bond motifs is 1. The summed E-state index contributed by atoms with van der Waals surface area (Å²) in [5, 5.41) is 2.70. The number of rotatable bonds is 5. The van der Waals surface area contributed by atoms with Gasteiger partial charge in [-0.25, -0.2) is 4.98 Å². The van der Waals surface area contributed by atoms with E-state index in [1.807, 2.05) is 12.1 Å². The molecule has 1 aliphatic rings. The molecule has 2 aromatic rings. The molecule has 0 bridgehead atoms. The van der Waals surface area contributed by atoms with Gasteiger partial charge in [-0.15, -0.1) is 0 Å². The lowest BCUT2D eigenvalue weighted by Gasteiger charge is -2.26. The number of benzene rings is 1. The van der Waals surface area contributed by atoms with Gasteiger partial charge in [0.05, 0.1) is 22.9 Å². The van der Waals surface area contributed by atoms with Crippen molar-refractivity contribution in [2.75, 3.05) is 18.9 Å². The summed E-state index contributed by atoms with van der Waals surface area (Å²) < 4.78 is 49.0. The highest BCUT2D eigenvalue weighted by atomic mass is 35.5. The number of alkyl halides is 3. The highest BCUT2D eigenvalue weighted by Crippen LogP contribution is 2.33. The predicted octanol–water partition coefficient (Wildman–Crippen LogP) is 3.80. The summed E-state index contributed by atoms with van der Waals surface area (Å²) in [4.78, 5) is 15.6. The first-order valence-electron chi connectivity index (χ1n) is 7.83. The largest absolute Gasteiger partial charge is 0.486 e. The van der Waals surface area contributed by atoms with Crippen molar-refractivity contribution in [3.05, 3.63) is 47.1 Å². The van der Waals surface area contributed by atoms with E-state index in [9.17, 15) is 18.0 Å². The molecule has 1 aliphatic heterocycles. The molecule has 144 valence electrons.